The number of benzene rings is 1. The maximum absolute atomic E-state index is 11.3. The van der Waals surface area contributed by atoms with Gasteiger partial charge in [0.05, 0.1) is 5.69 Å². The van der Waals surface area contributed by atoms with Gasteiger partial charge in [0.15, 0.2) is 5.01 Å². The van der Waals surface area contributed by atoms with E-state index in [0.29, 0.717) is 22.9 Å². The summed E-state index contributed by atoms with van der Waals surface area (Å²) in [5, 5.41) is 11.0. The van der Waals surface area contributed by atoms with E-state index in [1.54, 1.807) is 5.38 Å². The lowest BCUT2D eigenvalue weighted by atomic mass is 10.1. The van der Waals surface area contributed by atoms with Gasteiger partial charge in [-0.15, -0.1) is 11.3 Å². The number of hydrazine groups is 1. The van der Waals surface area contributed by atoms with Gasteiger partial charge in [0.1, 0.15) is 12.4 Å². The number of aliphatic hydroxyl groups is 1. The van der Waals surface area contributed by atoms with Crippen LogP contribution in [0.4, 0.5) is 0 Å². The zero-order chi connectivity index (χ0) is 14.4. The van der Waals surface area contributed by atoms with Gasteiger partial charge in [0.25, 0.3) is 5.91 Å². The number of aromatic nitrogens is 1. The number of aliphatic hydroxyl groups excluding tert-OH is 1. The van der Waals surface area contributed by atoms with E-state index in [1.807, 2.05) is 29.7 Å². The Hall–Kier alpha value is -1.96. The molecule has 0 aliphatic rings. The number of hydrogen-bond acceptors (Lipinski definition) is 6. The topological polar surface area (TPSA) is 97.5 Å². The second-order valence-corrected chi connectivity index (χ2v) is 4.85. The fraction of sp³-hybridized carbons (Fsp3) is 0.231. The van der Waals surface area contributed by atoms with Crippen molar-refractivity contribution in [1.29, 1.82) is 0 Å². The number of ether oxygens (including phenoxy) is 1. The van der Waals surface area contributed by atoms with Crippen LogP contribution in [-0.4, -0.2) is 22.6 Å². The maximum atomic E-state index is 11.3. The number of thiazole rings is 1. The first-order valence-corrected chi connectivity index (χ1v) is 6.89. The fourth-order valence-corrected chi connectivity index (χ4v) is 2.37. The molecule has 1 heterocycles. The number of nitrogens with zero attached hydrogens (tertiary/aromatic N) is 1. The quantitative estimate of drug-likeness (QED) is 0.417. The first-order chi connectivity index (χ1) is 9.74. The predicted molar refractivity (Wildman–Crippen MR) is 75.3 cm³/mol. The number of para-hydroxylation sites is 1. The van der Waals surface area contributed by atoms with Crippen molar-refractivity contribution in [3.8, 4) is 5.75 Å². The minimum Gasteiger partial charge on any atom is -0.487 e. The molecular formula is C13H15N3O3S. The van der Waals surface area contributed by atoms with Gasteiger partial charge in [-0.1, -0.05) is 18.2 Å². The largest absolute Gasteiger partial charge is 0.487 e. The number of carbonyl (C=O) groups excluding carboxylic acids is 1. The molecule has 7 heteroatoms. The van der Waals surface area contributed by atoms with Crippen molar-refractivity contribution < 1.29 is 14.6 Å². The highest BCUT2D eigenvalue weighted by atomic mass is 32.1. The summed E-state index contributed by atoms with van der Waals surface area (Å²) in [6.07, 6.45) is 0.536. The van der Waals surface area contributed by atoms with Crippen molar-refractivity contribution in [2.75, 3.05) is 6.61 Å². The van der Waals surface area contributed by atoms with Crippen molar-refractivity contribution in [1.82, 2.24) is 10.4 Å². The van der Waals surface area contributed by atoms with Crippen LogP contribution in [0.2, 0.25) is 0 Å². The van der Waals surface area contributed by atoms with Crippen LogP contribution in [-0.2, 0) is 13.0 Å². The van der Waals surface area contributed by atoms with Crippen LogP contribution in [0.3, 0.4) is 0 Å². The van der Waals surface area contributed by atoms with E-state index in [4.69, 9.17) is 15.7 Å². The van der Waals surface area contributed by atoms with E-state index >= 15 is 0 Å². The third-order valence-corrected chi connectivity index (χ3v) is 3.50. The standard InChI is InChI=1S/C13H15N3O3S/c14-16-12(18)13-15-10(8-20-13)7-19-11-4-2-1-3-9(11)5-6-17/h1-4,8,17H,5-7,14H2,(H,16,18). The summed E-state index contributed by atoms with van der Waals surface area (Å²) in [5.74, 6) is 5.34. The van der Waals surface area contributed by atoms with Crippen LogP contribution in [0.1, 0.15) is 21.1 Å². The van der Waals surface area contributed by atoms with Gasteiger partial charge in [-0.05, 0) is 18.1 Å². The zero-order valence-electron chi connectivity index (χ0n) is 10.7. The zero-order valence-corrected chi connectivity index (χ0v) is 11.5. The Morgan fingerprint density at radius 3 is 3.00 bits per heavy atom. The SMILES string of the molecule is NNC(=O)c1nc(COc2ccccc2CCO)cs1. The molecule has 1 aromatic heterocycles. The molecule has 2 rings (SSSR count). The Morgan fingerprint density at radius 1 is 1.45 bits per heavy atom. The van der Waals surface area contributed by atoms with Gasteiger partial charge in [-0.25, -0.2) is 10.8 Å². The molecule has 0 bridgehead atoms. The van der Waals surface area contributed by atoms with Gasteiger partial charge in [0, 0.05) is 12.0 Å². The number of nitrogen functional groups attached to an aromatic ring is 1. The Labute approximate surface area is 120 Å². The Morgan fingerprint density at radius 2 is 2.25 bits per heavy atom. The third kappa shape index (κ3) is 3.53. The molecule has 20 heavy (non-hydrogen) atoms. The molecular weight excluding hydrogens is 278 g/mol. The summed E-state index contributed by atoms with van der Waals surface area (Å²) in [7, 11) is 0. The van der Waals surface area contributed by atoms with Gasteiger partial charge < -0.3 is 9.84 Å². The van der Waals surface area contributed by atoms with E-state index < -0.39 is 5.91 Å². The third-order valence-electron chi connectivity index (χ3n) is 2.61. The number of hydrogen-bond donors (Lipinski definition) is 3. The molecule has 2 aromatic rings. The molecule has 1 amide bonds. The first kappa shape index (κ1) is 14.4. The molecule has 6 nitrogen and oxygen atoms in total. The van der Waals surface area contributed by atoms with E-state index in [2.05, 4.69) is 4.98 Å². The summed E-state index contributed by atoms with van der Waals surface area (Å²) in [6.45, 7) is 0.328. The van der Waals surface area contributed by atoms with Crippen LogP contribution in [0.25, 0.3) is 0 Å². The van der Waals surface area contributed by atoms with Crippen LogP contribution in [0.15, 0.2) is 29.6 Å². The molecule has 0 spiro atoms. The van der Waals surface area contributed by atoms with E-state index in [0.717, 1.165) is 5.56 Å². The highest BCUT2D eigenvalue weighted by Crippen LogP contribution is 2.20. The Kier molecular flexibility index (Phi) is 5.05. The maximum Gasteiger partial charge on any atom is 0.294 e. The normalized spacial score (nSPS) is 10.3. The van der Waals surface area contributed by atoms with Gasteiger partial charge in [0.2, 0.25) is 0 Å². The van der Waals surface area contributed by atoms with E-state index in [-0.39, 0.29) is 13.2 Å². The van der Waals surface area contributed by atoms with Crippen LogP contribution in [0.5, 0.6) is 5.75 Å². The van der Waals surface area contributed by atoms with Crippen molar-refractivity contribution in [2.45, 2.75) is 13.0 Å². The smallest absolute Gasteiger partial charge is 0.294 e. The highest BCUT2D eigenvalue weighted by Gasteiger charge is 2.10. The predicted octanol–water partition coefficient (Wildman–Crippen LogP) is 0.860. The number of nitrogens with one attached hydrogen (secondary N) is 1. The minimum atomic E-state index is -0.415. The van der Waals surface area contributed by atoms with E-state index in [1.165, 1.54) is 11.3 Å². The number of amides is 1. The lowest BCUT2D eigenvalue weighted by molar-refractivity contribution is 0.0953. The summed E-state index contributed by atoms with van der Waals surface area (Å²) in [6, 6.07) is 7.50. The molecule has 1 aromatic carbocycles. The summed E-state index contributed by atoms with van der Waals surface area (Å²) >= 11 is 1.21. The average molecular weight is 293 g/mol. The first-order valence-electron chi connectivity index (χ1n) is 6.01. The van der Waals surface area contributed by atoms with Gasteiger partial charge in [-0.2, -0.15) is 0 Å². The molecule has 0 unspecified atom stereocenters. The van der Waals surface area contributed by atoms with E-state index in [9.17, 15) is 4.79 Å². The molecule has 0 fully saturated rings. The van der Waals surface area contributed by atoms with Crippen molar-refractivity contribution in [3.05, 3.63) is 45.9 Å². The second kappa shape index (κ2) is 6.99. The van der Waals surface area contributed by atoms with Crippen LogP contribution >= 0.6 is 11.3 Å². The van der Waals surface area contributed by atoms with Crippen LogP contribution in [0, 0.1) is 0 Å². The summed E-state index contributed by atoms with van der Waals surface area (Å²) in [5.41, 5.74) is 3.63. The molecule has 0 saturated carbocycles. The Bertz CT molecular complexity index is 586. The van der Waals surface area contributed by atoms with Crippen molar-refractivity contribution in [3.63, 3.8) is 0 Å². The second-order valence-electron chi connectivity index (χ2n) is 3.99. The molecule has 4 N–H and O–H groups in total. The monoisotopic (exact) mass is 293 g/mol. The molecule has 106 valence electrons. The number of carbonyl (C=O) groups is 1. The molecule has 0 aliphatic carbocycles. The fourth-order valence-electron chi connectivity index (χ4n) is 1.66. The average Bonchev–Trinajstić information content (AvgIpc) is 2.95. The van der Waals surface area contributed by atoms with Crippen LogP contribution < -0.4 is 16.0 Å². The molecule has 0 aliphatic heterocycles. The highest BCUT2D eigenvalue weighted by molar-refractivity contribution is 7.11. The molecule has 0 saturated heterocycles. The van der Waals surface area contributed by atoms with Gasteiger partial charge >= 0.3 is 0 Å². The summed E-state index contributed by atoms with van der Waals surface area (Å²) in [4.78, 5) is 15.4. The number of rotatable bonds is 6. The van der Waals surface area contributed by atoms with Crippen molar-refractivity contribution >= 4 is 17.2 Å². The van der Waals surface area contributed by atoms with Gasteiger partial charge in [-0.3, -0.25) is 10.2 Å². The summed E-state index contributed by atoms with van der Waals surface area (Å²) < 4.78 is 5.67. The Balaban J connectivity index is 2.02. The lowest BCUT2D eigenvalue weighted by Gasteiger charge is -2.09. The minimum absolute atomic E-state index is 0.0674. The lowest BCUT2D eigenvalue weighted by Crippen LogP contribution is -2.29. The van der Waals surface area contributed by atoms with Crippen molar-refractivity contribution in [2.24, 2.45) is 5.84 Å². The molecule has 0 radical (unpaired) electrons. The number of nitrogens with two attached hydrogens (primary N) is 1. The molecule has 0 atom stereocenters.